The minimum absolute atomic E-state index is 0.0450. The Labute approximate surface area is 114 Å². The summed E-state index contributed by atoms with van der Waals surface area (Å²) in [7, 11) is 1.78. The monoisotopic (exact) mass is 265 g/mol. The molecule has 0 saturated heterocycles. The lowest BCUT2D eigenvalue weighted by Gasteiger charge is -2.16. The Morgan fingerprint density at radius 3 is 2.47 bits per heavy atom. The number of likely N-dealkylation sites (N-methyl/N-ethyl adjacent to an activating group) is 1. The smallest absolute Gasteiger partial charge is 0.241 e. The van der Waals surface area contributed by atoms with Gasteiger partial charge in [-0.25, -0.2) is 9.97 Å². The van der Waals surface area contributed by atoms with E-state index in [4.69, 9.17) is 0 Å². The summed E-state index contributed by atoms with van der Waals surface area (Å²) in [5.74, 6) is 1.56. The van der Waals surface area contributed by atoms with E-state index in [1.165, 1.54) is 6.33 Å². The van der Waals surface area contributed by atoms with Crippen LogP contribution >= 0.6 is 0 Å². The van der Waals surface area contributed by atoms with Gasteiger partial charge in [0.25, 0.3) is 0 Å². The van der Waals surface area contributed by atoms with E-state index >= 15 is 0 Å². The third-order valence-corrected chi connectivity index (χ3v) is 2.93. The lowest BCUT2D eigenvalue weighted by Crippen LogP contribution is -2.32. The molecule has 19 heavy (non-hydrogen) atoms. The van der Waals surface area contributed by atoms with Gasteiger partial charge in [0, 0.05) is 25.7 Å². The maximum Gasteiger partial charge on any atom is 0.241 e. The molecule has 0 radical (unpaired) electrons. The van der Waals surface area contributed by atoms with Gasteiger partial charge in [0.05, 0.1) is 6.54 Å². The number of rotatable bonds is 7. The van der Waals surface area contributed by atoms with Crippen molar-refractivity contribution < 1.29 is 4.79 Å². The number of hydrogen-bond acceptors (Lipinski definition) is 5. The molecule has 6 nitrogen and oxygen atoms in total. The fraction of sp³-hybridized carbons (Fsp3) is 0.615. The zero-order valence-corrected chi connectivity index (χ0v) is 12.2. The molecule has 106 valence electrons. The number of hydrogen-bond donors (Lipinski definition) is 2. The Bertz CT molecular complexity index is 421. The highest BCUT2D eigenvalue weighted by atomic mass is 16.2. The van der Waals surface area contributed by atoms with Crippen molar-refractivity contribution >= 4 is 17.5 Å². The van der Waals surface area contributed by atoms with Gasteiger partial charge in [0.15, 0.2) is 0 Å². The van der Waals surface area contributed by atoms with Crippen molar-refractivity contribution in [1.29, 1.82) is 0 Å². The number of aromatic nitrogens is 2. The van der Waals surface area contributed by atoms with Crippen LogP contribution < -0.4 is 10.6 Å². The van der Waals surface area contributed by atoms with E-state index in [9.17, 15) is 4.79 Å². The zero-order chi connectivity index (χ0) is 14.3. The largest absolute Gasteiger partial charge is 0.370 e. The number of amides is 1. The first-order valence-corrected chi connectivity index (χ1v) is 6.63. The van der Waals surface area contributed by atoms with E-state index in [1.807, 2.05) is 13.8 Å². The molecule has 0 aliphatic carbocycles. The van der Waals surface area contributed by atoms with Crippen LogP contribution in [0.3, 0.4) is 0 Å². The molecule has 1 aromatic rings. The van der Waals surface area contributed by atoms with E-state index in [0.29, 0.717) is 12.4 Å². The Morgan fingerprint density at radius 2 is 1.89 bits per heavy atom. The van der Waals surface area contributed by atoms with Gasteiger partial charge < -0.3 is 15.5 Å². The molecule has 0 aliphatic rings. The van der Waals surface area contributed by atoms with Crippen LogP contribution in [0, 0.1) is 6.92 Å². The molecule has 0 saturated carbocycles. The molecule has 0 spiro atoms. The van der Waals surface area contributed by atoms with Crippen molar-refractivity contribution in [3.05, 3.63) is 11.9 Å². The van der Waals surface area contributed by atoms with E-state index in [1.54, 1.807) is 11.9 Å². The third kappa shape index (κ3) is 4.39. The van der Waals surface area contributed by atoms with Crippen LogP contribution in [-0.2, 0) is 4.79 Å². The minimum atomic E-state index is 0.0450. The Hall–Kier alpha value is -1.85. The van der Waals surface area contributed by atoms with Gasteiger partial charge in [-0.1, -0.05) is 6.92 Å². The van der Waals surface area contributed by atoms with Crippen molar-refractivity contribution in [2.45, 2.75) is 27.2 Å². The number of carbonyl (C=O) groups excluding carboxylic acids is 1. The van der Waals surface area contributed by atoms with E-state index in [0.717, 1.165) is 24.3 Å². The maximum atomic E-state index is 11.7. The van der Waals surface area contributed by atoms with E-state index in [2.05, 4.69) is 27.5 Å². The minimum Gasteiger partial charge on any atom is -0.370 e. The third-order valence-electron chi connectivity index (χ3n) is 2.93. The number of anilines is 2. The lowest BCUT2D eigenvalue weighted by molar-refractivity contribution is -0.127. The fourth-order valence-corrected chi connectivity index (χ4v) is 1.52. The molecule has 1 rings (SSSR count). The molecule has 0 aliphatic heterocycles. The number of nitrogens with one attached hydrogen (secondary N) is 2. The summed E-state index contributed by atoms with van der Waals surface area (Å²) in [6.45, 7) is 7.80. The second-order valence-electron chi connectivity index (χ2n) is 4.38. The number of carbonyl (C=O) groups is 1. The average Bonchev–Trinajstić information content (AvgIpc) is 2.43. The molecular weight excluding hydrogens is 242 g/mol. The highest BCUT2D eigenvalue weighted by Crippen LogP contribution is 2.17. The van der Waals surface area contributed by atoms with Gasteiger partial charge in [-0.3, -0.25) is 4.79 Å². The van der Waals surface area contributed by atoms with Crippen LogP contribution in [0.2, 0.25) is 0 Å². The van der Waals surface area contributed by atoms with Gasteiger partial charge in [0.1, 0.15) is 18.0 Å². The fourth-order valence-electron chi connectivity index (χ4n) is 1.52. The summed E-state index contributed by atoms with van der Waals surface area (Å²) in [4.78, 5) is 21.8. The Morgan fingerprint density at radius 1 is 1.26 bits per heavy atom. The van der Waals surface area contributed by atoms with Crippen LogP contribution in [0.4, 0.5) is 11.6 Å². The van der Waals surface area contributed by atoms with Crippen molar-refractivity contribution in [2.24, 2.45) is 0 Å². The van der Waals surface area contributed by atoms with Gasteiger partial charge in [-0.2, -0.15) is 0 Å². The van der Waals surface area contributed by atoms with E-state index in [-0.39, 0.29) is 12.5 Å². The lowest BCUT2D eigenvalue weighted by atomic mass is 10.3. The summed E-state index contributed by atoms with van der Waals surface area (Å²) in [5.41, 5.74) is 0.933. The van der Waals surface area contributed by atoms with Crippen molar-refractivity contribution in [3.63, 3.8) is 0 Å². The molecular formula is C13H23N5O. The second kappa shape index (κ2) is 7.56. The predicted octanol–water partition coefficient (Wildman–Crippen LogP) is 1.50. The molecule has 0 atom stereocenters. The van der Waals surface area contributed by atoms with Gasteiger partial charge in [-0.05, 0) is 20.3 Å². The van der Waals surface area contributed by atoms with Crippen molar-refractivity contribution in [1.82, 2.24) is 14.9 Å². The molecule has 0 bridgehead atoms. The second-order valence-corrected chi connectivity index (χ2v) is 4.38. The zero-order valence-electron chi connectivity index (χ0n) is 12.2. The molecule has 2 N–H and O–H groups in total. The summed E-state index contributed by atoms with van der Waals surface area (Å²) in [5, 5.41) is 6.30. The van der Waals surface area contributed by atoms with Crippen LogP contribution in [0.15, 0.2) is 6.33 Å². The summed E-state index contributed by atoms with van der Waals surface area (Å²) in [6, 6.07) is 0. The first-order valence-electron chi connectivity index (χ1n) is 6.63. The number of nitrogens with zero attached hydrogens (tertiary/aromatic N) is 3. The Kier molecular flexibility index (Phi) is 6.05. The van der Waals surface area contributed by atoms with E-state index < -0.39 is 0 Å². The first-order chi connectivity index (χ1) is 9.10. The quantitative estimate of drug-likeness (QED) is 0.782. The van der Waals surface area contributed by atoms with Gasteiger partial charge in [-0.15, -0.1) is 0 Å². The van der Waals surface area contributed by atoms with Gasteiger partial charge in [0.2, 0.25) is 5.91 Å². The summed E-state index contributed by atoms with van der Waals surface area (Å²) < 4.78 is 0. The topological polar surface area (TPSA) is 70.1 Å². The molecule has 0 fully saturated rings. The highest BCUT2D eigenvalue weighted by molar-refractivity contribution is 5.80. The van der Waals surface area contributed by atoms with Crippen LogP contribution in [-0.4, -0.2) is 47.5 Å². The molecule has 0 unspecified atom stereocenters. The van der Waals surface area contributed by atoms with Gasteiger partial charge >= 0.3 is 0 Å². The summed E-state index contributed by atoms with van der Waals surface area (Å²) in [6.07, 6.45) is 2.54. The molecule has 1 heterocycles. The SMILES string of the molecule is CCCNc1ncnc(NCC(=O)N(C)CC)c1C. The highest BCUT2D eigenvalue weighted by Gasteiger charge is 2.10. The van der Waals surface area contributed by atoms with Crippen LogP contribution in [0.25, 0.3) is 0 Å². The van der Waals surface area contributed by atoms with Crippen LogP contribution in [0.1, 0.15) is 25.8 Å². The average molecular weight is 265 g/mol. The predicted molar refractivity (Wildman–Crippen MR) is 77.4 cm³/mol. The molecule has 1 amide bonds. The Balaban J connectivity index is 2.66. The van der Waals surface area contributed by atoms with Crippen molar-refractivity contribution in [2.75, 3.05) is 37.3 Å². The maximum absolute atomic E-state index is 11.7. The standard InChI is InChI=1S/C13H23N5O/c1-5-7-14-12-10(3)13(17-9-16-12)15-8-11(19)18(4)6-2/h9H,5-8H2,1-4H3,(H2,14,15,16,17). The summed E-state index contributed by atoms with van der Waals surface area (Å²) >= 11 is 0. The molecule has 0 aromatic carbocycles. The first kappa shape index (κ1) is 15.2. The molecule has 1 aromatic heterocycles. The normalized spacial score (nSPS) is 10.1. The van der Waals surface area contributed by atoms with Crippen LogP contribution in [0.5, 0.6) is 0 Å². The molecule has 6 heteroatoms. The van der Waals surface area contributed by atoms with Crippen molar-refractivity contribution in [3.8, 4) is 0 Å².